The summed E-state index contributed by atoms with van der Waals surface area (Å²) in [5.41, 5.74) is 1.69. The summed E-state index contributed by atoms with van der Waals surface area (Å²) in [6.45, 7) is 2.69. The fourth-order valence-electron chi connectivity index (χ4n) is 4.42. The second-order valence-corrected chi connectivity index (χ2v) is 8.75. The minimum absolute atomic E-state index is 0.0305. The highest BCUT2D eigenvalue weighted by Crippen LogP contribution is 2.43. The quantitative estimate of drug-likeness (QED) is 0.281. The predicted octanol–water partition coefficient (Wildman–Crippen LogP) is 6.38. The minimum atomic E-state index is -0.711. The summed E-state index contributed by atoms with van der Waals surface area (Å²) in [4.78, 5) is 28.9. The SMILES string of the molecule is CCCCOc1cccc(C2c3c(oc4ccccc4c3=O)C(=O)N2c2ccc(OC)c(Cl)c2)c1. The van der Waals surface area contributed by atoms with Crippen molar-refractivity contribution in [3.63, 3.8) is 0 Å². The molecule has 35 heavy (non-hydrogen) atoms. The lowest BCUT2D eigenvalue weighted by Crippen LogP contribution is -2.29. The number of fused-ring (bicyclic) bond motifs is 2. The zero-order chi connectivity index (χ0) is 24.5. The fourth-order valence-corrected chi connectivity index (χ4v) is 4.67. The summed E-state index contributed by atoms with van der Waals surface area (Å²) in [6.07, 6.45) is 1.95. The summed E-state index contributed by atoms with van der Waals surface area (Å²) in [6, 6.07) is 18.8. The first-order valence-electron chi connectivity index (χ1n) is 11.5. The van der Waals surface area contributed by atoms with Crippen molar-refractivity contribution in [3.05, 3.63) is 98.9 Å². The Bertz CT molecular complexity index is 1480. The number of carbonyl (C=O) groups is 1. The second-order valence-electron chi connectivity index (χ2n) is 8.34. The van der Waals surface area contributed by atoms with E-state index in [2.05, 4.69) is 6.92 Å². The van der Waals surface area contributed by atoms with E-state index in [9.17, 15) is 9.59 Å². The van der Waals surface area contributed by atoms with Crippen molar-refractivity contribution < 1.29 is 18.7 Å². The number of hydrogen-bond acceptors (Lipinski definition) is 5. The molecule has 0 bridgehead atoms. The molecular formula is C28H24ClNO5. The van der Waals surface area contributed by atoms with Crippen LogP contribution in [0.15, 0.2) is 75.9 Å². The van der Waals surface area contributed by atoms with Crippen LogP contribution in [0, 0.1) is 0 Å². The number of hydrogen-bond donors (Lipinski definition) is 0. The van der Waals surface area contributed by atoms with Crippen LogP contribution < -0.4 is 19.8 Å². The van der Waals surface area contributed by atoms with Gasteiger partial charge in [0.25, 0.3) is 5.91 Å². The Balaban J connectivity index is 1.71. The number of carbonyl (C=O) groups excluding carboxylic acids is 1. The Kier molecular flexibility index (Phi) is 6.22. The van der Waals surface area contributed by atoms with Crippen LogP contribution in [-0.2, 0) is 0 Å². The molecule has 1 amide bonds. The van der Waals surface area contributed by atoms with Crippen molar-refractivity contribution in [1.29, 1.82) is 0 Å². The lowest BCUT2D eigenvalue weighted by molar-refractivity contribution is 0.0971. The van der Waals surface area contributed by atoms with Crippen molar-refractivity contribution in [3.8, 4) is 11.5 Å². The van der Waals surface area contributed by atoms with Gasteiger partial charge in [-0.05, 0) is 54.4 Å². The summed E-state index contributed by atoms with van der Waals surface area (Å²) in [5, 5.41) is 0.780. The molecule has 1 aliphatic rings. The summed E-state index contributed by atoms with van der Waals surface area (Å²) >= 11 is 6.41. The molecule has 6 nitrogen and oxygen atoms in total. The summed E-state index contributed by atoms with van der Waals surface area (Å²) < 4.78 is 17.2. The third kappa shape index (κ3) is 4.04. The van der Waals surface area contributed by atoms with Crippen LogP contribution in [0.1, 0.15) is 47.5 Å². The molecule has 0 saturated carbocycles. The van der Waals surface area contributed by atoms with Crippen LogP contribution in [0.2, 0.25) is 5.02 Å². The number of benzene rings is 3. The number of rotatable bonds is 7. The van der Waals surface area contributed by atoms with Crippen LogP contribution in [0.5, 0.6) is 11.5 Å². The Hall–Kier alpha value is -3.77. The van der Waals surface area contributed by atoms with Gasteiger partial charge in [0.05, 0.1) is 35.7 Å². The van der Waals surface area contributed by atoms with E-state index in [0.717, 1.165) is 18.4 Å². The van der Waals surface area contributed by atoms with Gasteiger partial charge in [-0.2, -0.15) is 0 Å². The van der Waals surface area contributed by atoms with Crippen LogP contribution in [-0.4, -0.2) is 19.6 Å². The molecule has 5 rings (SSSR count). The molecule has 1 aromatic heterocycles. The molecule has 178 valence electrons. The van der Waals surface area contributed by atoms with Gasteiger partial charge in [0, 0.05) is 5.69 Å². The van der Waals surface area contributed by atoms with Gasteiger partial charge in [-0.25, -0.2) is 0 Å². The van der Waals surface area contributed by atoms with Crippen molar-refractivity contribution >= 4 is 34.2 Å². The number of para-hydroxylation sites is 1. The number of methoxy groups -OCH3 is 1. The maximum atomic E-state index is 13.7. The molecule has 0 fully saturated rings. The molecule has 0 spiro atoms. The van der Waals surface area contributed by atoms with Gasteiger partial charge in [0.2, 0.25) is 5.76 Å². The second kappa shape index (κ2) is 9.47. The maximum Gasteiger partial charge on any atom is 0.295 e. The standard InChI is InChI=1S/C28H24ClNO5/c1-3-4-14-34-19-9-7-8-17(15-19)25-24-26(31)20-10-5-6-11-22(20)35-27(24)28(32)30(25)18-12-13-23(33-2)21(29)16-18/h5-13,15-16,25H,3-4,14H2,1-2H3. The Morgan fingerprint density at radius 3 is 2.63 bits per heavy atom. The highest BCUT2D eigenvalue weighted by Gasteiger charge is 2.44. The predicted molar refractivity (Wildman–Crippen MR) is 136 cm³/mol. The Morgan fingerprint density at radius 1 is 1.03 bits per heavy atom. The van der Waals surface area contributed by atoms with E-state index in [1.807, 2.05) is 24.3 Å². The maximum absolute atomic E-state index is 13.7. The van der Waals surface area contributed by atoms with E-state index in [-0.39, 0.29) is 11.2 Å². The molecule has 2 heterocycles. The third-order valence-electron chi connectivity index (χ3n) is 6.13. The number of unbranched alkanes of at least 4 members (excludes halogenated alkanes) is 1. The molecule has 0 saturated heterocycles. The van der Waals surface area contributed by atoms with Crippen LogP contribution in [0.25, 0.3) is 11.0 Å². The molecule has 3 aromatic carbocycles. The highest BCUT2D eigenvalue weighted by atomic mass is 35.5. The summed E-state index contributed by atoms with van der Waals surface area (Å²) in [5.74, 6) is 0.784. The number of ether oxygens (including phenoxy) is 2. The van der Waals surface area contributed by atoms with Gasteiger partial charge in [-0.15, -0.1) is 0 Å². The summed E-state index contributed by atoms with van der Waals surface area (Å²) in [7, 11) is 1.53. The number of anilines is 1. The van der Waals surface area contributed by atoms with Crippen LogP contribution in [0.3, 0.4) is 0 Å². The van der Waals surface area contributed by atoms with Gasteiger partial charge < -0.3 is 13.9 Å². The molecule has 0 radical (unpaired) electrons. The van der Waals surface area contributed by atoms with Crippen LogP contribution in [0.4, 0.5) is 5.69 Å². The van der Waals surface area contributed by atoms with E-state index >= 15 is 0 Å². The van der Waals surface area contributed by atoms with E-state index in [1.54, 1.807) is 47.4 Å². The Labute approximate surface area is 207 Å². The highest BCUT2D eigenvalue weighted by molar-refractivity contribution is 6.32. The fraction of sp³-hybridized carbons (Fsp3) is 0.214. The van der Waals surface area contributed by atoms with Crippen molar-refractivity contribution in [1.82, 2.24) is 0 Å². The van der Waals surface area contributed by atoms with Crippen molar-refractivity contribution in [2.24, 2.45) is 0 Å². The third-order valence-corrected chi connectivity index (χ3v) is 6.43. The average Bonchev–Trinajstić information content (AvgIpc) is 3.17. The molecule has 0 N–H and O–H groups in total. The number of amides is 1. The van der Waals surface area contributed by atoms with Crippen LogP contribution >= 0.6 is 11.6 Å². The molecule has 1 atom stereocenters. The van der Waals surface area contributed by atoms with Gasteiger partial charge >= 0.3 is 0 Å². The molecule has 1 unspecified atom stereocenters. The van der Waals surface area contributed by atoms with Gasteiger partial charge in [0.15, 0.2) is 5.43 Å². The molecule has 1 aliphatic heterocycles. The van der Waals surface area contributed by atoms with E-state index < -0.39 is 11.9 Å². The number of nitrogens with zero attached hydrogens (tertiary/aromatic N) is 1. The van der Waals surface area contributed by atoms with E-state index in [1.165, 1.54) is 7.11 Å². The zero-order valence-electron chi connectivity index (χ0n) is 19.4. The average molecular weight is 490 g/mol. The molecular weight excluding hydrogens is 466 g/mol. The monoisotopic (exact) mass is 489 g/mol. The largest absolute Gasteiger partial charge is 0.495 e. The topological polar surface area (TPSA) is 69.0 Å². The van der Waals surface area contributed by atoms with Gasteiger partial charge in [-0.1, -0.05) is 49.2 Å². The molecule has 0 aliphatic carbocycles. The van der Waals surface area contributed by atoms with E-state index in [4.69, 9.17) is 25.5 Å². The van der Waals surface area contributed by atoms with Crippen molar-refractivity contribution in [2.45, 2.75) is 25.8 Å². The first kappa shape index (κ1) is 23.0. The molecule has 7 heteroatoms. The smallest absolute Gasteiger partial charge is 0.295 e. The Morgan fingerprint density at radius 2 is 1.86 bits per heavy atom. The van der Waals surface area contributed by atoms with Crippen molar-refractivity contribution in [2.75, 3.05) is 18.6 Å². The van der Waals surface area contributed by atoms with Gasteiger partial charge in [0.1, 0.15) is 17.1 Å². The first-order valence-corrected chi connectivity index (χ1v) is 11.9. The number of halogens is 1. The minimum Gasteiger partial charge on any atom is -0.495 e. The lowest BCUT2D eigenvalue weighted by Gasteiger charge is -2.26. The molecule has 4 aromatic rings. The normalized spacial score (nSPS) is 14.9. The zero-order valence-corrected chi connectivity index (χ0v) is 20.2. The first-order chi connectivity index (χ1) is 17.0. The van der Waals surface area contributed by atoms with Gasteiger partial charge in [-0.3, -0.25) is 14.5 Å². The van der Waals surface area contributed by atoms with E-state index in [0.29, 0.717) is 45.3 Å². The lowest BCUT2D eigenvalue weighted by atomic mass is 9.98.